The van der Waals surface area contributed by atoms with Crippen LogP contribution in [0.4, 0.5) is 17.1 Å². The van der Waals surface area contributed by atoms with Gasteiger partial charge in [0, 0.05) is 53.7 Å². The van der Waals surface area contributed by atoms with Gasteiger partial charge in [0.15, 0.2) is 17.5 Å². The minimum Gasteiger partial charge on any atom is -0.309 e. The highest BCUT2D eigenvalue weighted by Gasteiger charge is 2.22. The van der Waals surface area contributed by atoms with Crippen LogP contribution in [0.15, 0.2) is 206 Å². The molecule has 5 heteroatoms. The Morgan fingerprint density at radius 1 is 0.339 bits per heavy atom. The minimum absolute atomic E-state index is 0.646. The molecule has 10 rings (SSSR count). The van der Waals surface area contributed by atoms with E-state index in [1.165, 1.54) is 9.40 Å². The van der Waals surface area contributed by atoms with E-state index >= 15 is 0 Å². The zero-order chi connectivity index (χ0) is 37.3. The molecule has 0 spiro atoms. The van der Waals surface area contributed by atoms with Crippen LogP contribution in [-0.2, 0) is 0 Å². The first-order chi connectivity index (χ1) is 27.8. The van der Waals surface area contributed by atoms with E-state index in [-0.39, 0.29) is 0 Å². The van der Waals surface area contributed by atoms with E-state index in [2.05, 4.69) is 175 Å². The van der Waals surface area contributed by atoms with Crippen molar-refractivity contribution in [2.24, 2.45) is 0 Å². The molecule has 0 saturated carbocycles. The summed E-state index contributed by atoms with van der Waals surface area (Å²) in [5.74, 6) is 1.94. The van der Waals surface area contributed by atoms with Crippen molar-refractivity contribution in [1.29, 1.82) is 0 Å². The summed E-state index contributed by atoms with van der Waals surface area (Å²) < 4.78 is 2.38. The highest BCUT2D eigenvalue weighted by molar-refractivity contribution is 7.26. The summed E-state index contributed by atoms with van der Waals surface area (Å²) in [4.78, 5) is 17.7. The van der Waals surface area contributed by atoms with Crippen LogP contribution in [0.3, 0.4) is 0 Å². The molecule has 264 valence electrons. The average molecular weight is 735 g/mol. The van der Waals surface area contributed by atoms with E-state index in [0.717, 1.165) is 66.8 Å². The normalized spacial score (nSPS) is 11.2. The second-order valence-electron chi connectivity index (χ2n) is 13.6. The van der Waals surface area contributed by atoms with Crippen LogP contribution >= 0.6 is 11.3 Å². The first-order valence-electron chi connectivity index (χ1n) is 18.7. The fourth-order valence-electron chi connectivity index (χ4n) is 7.54. The van der Waals surface area contributed by atoms with Crippen molar-refractivity contribution in [3.8, 4) is 56.4 Å². The van der Waals surface area contributed by atoms with E-state index < -0.39 is 0 Å². The lowest BCUT2D eigenvalue weighted by Gasteiger charge is -2.30. The molecular weight excluding hydrogens is 701 g/mol. The molecule has 0 aliphatic heterocycles. The van der Waals surface area contributed by atoms with Crippen LogP contribution in [0, 0.1) is 0 Å². The molecule has 8 aromatic carbocycles. The Morgan fingerprint density at radius 2 is 0.786 bits per heavy atom. The molecule has 0 aliphatic carbocycles. The summed E-state index contributed by atoms with van der Waals surface area (Å²) in [7, 11) is 0. The molecule has 0 N–H and O–H groups in total. The maximum absolute atomic E-state index is 5.15. The number of thiophene rings is 1. The van der Waals surface area contributed by atoms with Gasteiger partial charge in [-0.3, -0.25) is 0 Å². The predicted octanol–water partition coefficient (Wildman–Crippen LogP) is 14.0. The summed E-state index contributed by atoms with van der Waals surface area (Å²) in [6.07, 6.45) is 0. The Morgan fingerprint density at radius 3 is 1.32 bits per heavy atom. The molecule has 0 bridgehead atoms. The predicted molar refractivity (Wildman–Crippen MR) is 235 cm³/mol. The van der Waals surface area contributed by atoms with Gasteiger partial charge in [-0.15, -0.1) is 11.3 Å². The number of anilines is 3. The third kappa shape index (κ3) is 6.20. The van der Waals surface area contributed by atoms with E-state index in [0.29, 0.717) is 17.5 Å². The summed E-state index contributed by atoms with van der Waals surface area (Å²) >= 11 is 1.79. The number of fused-ring (bicyclic) bond motifs is 3. The van der Waals surface area contributed by atoms with Crippen molar-refractivity contribution >= 4 is 48.6 Å². The Balaban J connectivity index is 1.22. The highest BCUT2D eigenvalue weighted by Crippen LogP contribution is 2.47. The molecule has 10 aromatic rings. The van der Waals surface area contributed by atoms with E-state index in [9.17, 15) is 0 Å². The van der Waals surface area contributed by atoms with Gasteiger partial charge in [0.25, 0.3) is 0 Å². The zero-order valence-corrected chi connectivity index (χ0v) is 31.1. The topological polar surface area (TPSA) is 41.9 Å². The van der Waals surface area contributed by atoms with Crippen LogP contribution in [-0.4, -0.2) is 15.0 Å². The van der Waals surface area contributed by atoms with Gasteiger partial charge in [0.05, 0.1) is 11.4 Å². The number of aromatic nitrogens is 3. The van der Waals surface area contributed by atoms with Gasteiger partial charge in [0.1, 0.15) is 0 Å². The van der Waals surface area contributed by atoms with Crippen molar-refractivity contribution in [3.63, 3.8) is 0 Å². The van der Waals surface area contributed by atoms with Gasteiger partial charge < -0.3 is 4.90 Å². The summed E-state index contributed by atoms with van der Waals surface area (Å²) in [6, 6.07) is 72.3. The van der Waals surface area contributed by atoms with Crippen molar-refractivity contribution in [2.45, 2.75) is 0 Å². The number of para-hydroxylation sites is 2. The summed E-state index contributed by atoms with van der Waals surface area (Å²) in [5.41, 5.74) is 10.7. The lowest BCUT2D eigenvalue weighted by Crippen LogP contribution is -2.12. The average Bonchev–Trinajstić information content (AvgIpc) is 3.66. The van der Waals surface area contributed by atoms with Crippen molar-refractivity contribution in [2.75, 3.05) is 4.90 Å². The Labute approximate surface area is 329 Å². The largest absolute Gasteiger partial charge is 0.309 e. The zero-order valence-electron chi connectivity index (χ0n) is 30.3. The van der Waals surface area contributed by atoms with E-state index in [1.54, 1.807) is 11.3 Å². The molecule has 0 saturated heterocycles. The molecule has 56 heavy (non-hydrogen) atoms. The molecule has 0 aliphatic rings. The molecule has 2 aromatic heterocycles. The van der Waals surface area contributed by atoms with Gasteiger partial charge in [-0.25, -0.2) is 15.0 Å². The first kappa shape index (κ1) is 33.4. The first-order valence-corrected chi connectivity index (χ1v) is 19.5. The van der Waals surface area contributed by atoms with Crippen LogP contribution in [0.5, 0.6) is 0 Å². The standard InChI is InChI=1S/C51H34N4S/c1-5-18-35(19-6-1)40-26-13-15-29-44(40)55(45-30-16-14-27-41(45)36-20-7-2-8-21-36)39-32-33-46-43(34-39)48-42(28-17-31-47(48)56-46)51-53-49(37-22-9-3-10-23-37)52-50(54-51)38-24-11-4-12-25-38/h1-34H. The molecule has 0 radical (unpaired) electrons. The lowest BCUT2D eigenvalue weighted by molar-refractivity contribution is 1.08. The maximum atomic E-state index is 5.15. The fraction of sp³-hybridized carbons (Fsp3) is 0. The Hall–Kier alpha value is -7.21. The number of rotatable bonds is 8. The second-order valence-corrected chi connectivity index (χ2v) is 14.7. The molecule has 0 atom stereocenters. The van der Waals surface area contributed by atoms with Crippen LogP contribution in [0.2, 0.25) is 0 Å². The number of hydrogen-bond acceptors (Lipinski definition) is 5. The third-order valence-electron chi connectivity index (χ3n) is 10.1. The molecular formula is C51H34N4S. The Kier molecular flexibility index (Phi) is 8.67. The summed E-state index contributed by atoms with van der Waals surface area (Å²) in [5, 5.41) is 2.28. The SMILES string of the molecule is c1ccc(-c2nc(-c3ccccc3)nc(-c3cccc4sc5ccc(N(c6ccccc6-c6ccccc6)c6ccccc6-c6ccccc6)cc5c34)n2)cc1. The highest BCUT2D eigenvalue weighted by atomic mass is 32.1. The molecule has 0 fully saturated rings. The van der Waals surface area contributed by atoms with Crippen molar-refractivity contribution in [1.82, 2.24) is 15.0 Å². The van der Waals surface area contributed by atoms with E-state index in [4.69, 9.17) is 15.0 Å². The molecule has 4 nitrogen and oxygen atoms in total. The van der Waals surface area contributed by atoms with Crippen LogP contribution in [0.25, 0.3) is 76.6 Å². The Bertz CT molecular complexity index is 2820. The minimum atomic E-state index is 0.646. The maximum Gasteiger partial charge on any atom is 0.164 e. The quantitative estimate of drug-likeness (QED) is 0.156. The van der Waals surface area contributed by atoms with Gasteiger partial charge in [0.2, 0.25) is 0 Å². The van der Waals surface area contributed by atoms with Crippen LogP contribution < -0.4 is 4.90 Å². The molecule has 2 heterocycles. The number of benzene rings is 8. The van der Waals surface area contributed by atoms with Gasteiger partial charge in [-0.2, -0.15) is 0 Å². The smallest absolute Gasteiger partial charge is 0.164 e. The third-order valence-corrected chi connectivity index (χ3v) is 11.3. The molecule has 0 unspecified atom stereocenters. The van der Waals surface area contributed by atoms with Gasteiger partial charge in [-0.1, -0.05) is 170 Å². The van der Waals surface area contributed by atoms with Gasteiger partial charge in [-0.05, 0) is 47.5 Å². The molecule has 0 amide bonds. The monoisotopic (exact) mass is 734 g/mol. The second kappa shape index (κ2) is 14.6. The van der Waals surface area contributed by atoms with Crippen LogP contribution in [0.1, 0.15) is 0 Å². The fourth-order valence-corrected chi connectivity index (χ4v) is 8.65. The van der Waals surface area contributed by atoms with E-state index in [1.807, 2.05) is 36.4 Å². The van der Waals surface area contributed by atoms with Crippen molar-refractivity contribution < 1.29 is 0 Å². The van der Waals surface area contributed by atoms with Gasteiger partial charge >= 0.3 is 0 Å². The number of hydrogen-bond donors (Lipinski definition) is 0. The lowest BCUT2D eigenvalue weighted by atomic mass is 9.98. The van der Waals surface area contributed by atoms with Crippen molar-refractivity contribution in [3.05, 3.63) is 206 Å². The number of nitrogens with zero attached hydrogens (tertiary/aromatic N) is 4. The summed E-state index contributed by atoms with van der Waals surface area (Å²) in [6.45, 7) is 0.